The van der Waals surface area contributed by atoms with Gasteiger partial charge in [-0.05, 0) is 37.0 Å². The molecule has 1 aromatic rings. The van der Waals surface area contributed by atoms with E-state index in [4.69, 9.17) is 4.74 Å². The van der Waals surface area contributed by atoms with Crippen molar-refractivity contribution in [2.45, 2.75) is 44.8 Å². The zero-order valence-electron chi connectivity index (χ0n) is 12.0. The second-order valence-electron chi connectivity index (χ2n) is 5.68. The van der Waals surface area contributed by atoms with Crippen LogP contribution in [0.2, 0.25) is 0 Å². The van der Waals surface area contributed by atoms with Gasteiger partial charge in [-0.1, -0.05) is 41.8 Å². The number of nitrogens with one attached hydrogen (secondary N) is 1. The monoisotopic (exact) mass is 341 g/mol. The van der Waals surface area contributed by atoms with Crippen molar-refractivity contribution in [1.29, 1.82) is 0 Å². The van der Waals surface area contributed by atoms with E-state index in [0.29, 0.717) is 25.2 Å². The number of anilines is 1. The summed E-state index contributed by atoms with van der Waals surface area (Å²) >= 11 is 3.43. The van der Waals surface area contributed by atoms with Gasteiger partial charge in [0.15, 0.2) is 0 Å². The average Bonchev–Trinajstić information content (AvgIpc) is 2.44. The summed E-state index contributed by atoms with van der Waals surface area (Å²) in [5.74, 6) is 0.619. The van der Waals surface area contributed by atoms with E-state index in [2.05, 4.69) is 28.2 Å². The number of rotatable bonds is 6. The maximum atomic E-state index is 10.00. The van der Waals surface area contributed by atoms with E-state index >= 15 is 0 Å². The third-order valence-electron chi connectivity index (χ3n) is 3.90. The Balaban J connectivity index is 1.68. The van der Waals surface area contributed by atoms with Gasteiger partial charge in [-0.15, -0.1) is 0 Å². The summed E-state index contributed by atoms with van der Waals surface area (Å²) in [4.78, 5) is 0. The van der Waals surface area contributed by atoms with Crippen LogP contribution in [0.1, 0.15) is 32.6 Å². The Hall–Kier alpha value is -0.580. The maximum Gasteiger partial charge on any atom is 0.0945 e. The fraction of sp³-hybridized carbons (Fsp3) is 0.625. The molecule has 0 aliphatic heterocycles. The van der Waals surface area contributed by atoms with Crippen LogP contribution in [0.4, 0.5) is 5.69 Å². The van der Waals surface area contributed by atoms with E-state index in [0.717, 1.165) is 16.6 Å². The van der Waals surface area contributed by atoms with Crippen molar-refractivity contribution < 1.29 is 9.84 Å². The van der Waals surface area contributed by atoms with Gasteiger partial charge in [0.05, 0.1) is 18.8 Å². The summed E-state index contributed by atoms with van der Waals surface area (Å²) < 4.78 is 6.90. The molecule has 20 heavy (non-hydrogen) atoms. The molecule has 1 fully saturated rings. The molecule has 0 aromatic heterocycles. The minimum Gasteiger partial charge on any atom is -0.389 e. The lowest BCUT2D eigenvalue weighted by Gasteiger charge is -2.29. The molecule has 0 bridgehead atoms. The van der Waals surface area contributed by atoms with Crippen molar-refractivity contribution in [3.63, 3.8) is 0 Å². The Morgan fingerprint density at radius 2 is 2.20 bits per heavy atom. The number of ether oxygens (including phenoxy) is 1. The lowest BCUT2D eigenvalue weighted by Crippen LogP contribution is -2.32. The lowest BCUT2D eigenvalue weighted by molar-refractivity contribution is -0.0424. The van der Waals surface area contributed by atoms with E-state index in [1.165, 1.54) is 19.3 Å². The quantitative estimate of drug-likeness (QED) is 0.826. The Morgan fingerprint density at radius 3 is 2.95 bits per heavy atom. The predicted molar refractivity (Wildman–Crippen MR) is 86.0 cm³/mol. The zero-order chi connectivity index (χ0) is 14.4. The Kier molecular flexibility index (Phi) is 6.33. The molecule has 3 nitrogen and oxygen atoms in total. The van der Waals surface area contributed by atoms with Gasteiger partial charge in [-0.25, -0.2) is 0 Å². The molecule has 3 atom stereocenters. The molecule has 1 aliphatic carbocycles. The van der Waals surface area contributed by atoms with Crippen molar-refractivity contribution in [2.24, 2.45) is 5.92 Å². The SMILES string of the molecule is CC1CCCCC1OCC(O)CNc1cccc(Br)c1. The maximum absolute atomic E-state index is 10.00. The molecule has 1 aromatic carbocycles. The molecule has 4 heteroatoms. The van der Waals surface area contributed by atoms with Crippen LogP contribution >= 0.6 is 15.9 Å². The standard InChI is InChI=1S/C16H24BrNO2/c1-12-5-2-3-8-16(12)20-11-15(19)10-18-14-7-4-6-13(17)9-14/h4,6-7,9,12,15-16,18-19H,2-3,5,8,10-11H2,1H3. The first kappa shape index (κ1) is 15.8. The largest absolute Gasteiger partial charge is 0.389 e. The minimum atomic E-state index is -0.469. The van der Waals surface area contributed by atoms with Crippen molar-refractivity contribution in [2.75, 3.05) is 18.5 Å². The van der Waals surface area contributed by atoms with Crippen LogP contribution in [0.25, 0.3) is 0 Å². The lowest BCUT2D eigenvalue weighted by atomic mass is 9.88. The summed E-state index contributed by atoms with van der Waals surface area (Å²) in [7, 11) is 0. The van der Waals surface area contributed by atoms with Gasteiger partial charge in [0.1, 0.15) is 0 Å². The molecule has 0 radical (unpaired) electrons. The van der Waals surface area contributed by atoms with Crippen LogP contribution in [0, 0.1) is 5.92 Å². The third kappa shape index (κ3) is 5.08. The Bertz CT molecular complexity index is 413. The summed E-state index contributed by atoms with van der Waals surface area (Å²) in [6, 6.07) is 7.94. The topological polar surface area (TPSA) is 41.5 Å². The van der Waals surface area contributed by atoms with Crippen LogP contribution in [0.3, 0.4) is 0 Å². The van der Waals surface area contributed by atoms with Crippen LogP contribution in [0.15, 0.2) is 28.7 Å². The van der Waals surface area contributed by atoms with Crippen LogP contribution in [-0.2, 0) is 4.74 Å². The van der Waals surface area contributed by atoms with Crippen molar-refractivity contribution >= 4 is 21.6 Å². The molecule has 0 saturated heterocycles. The van der Waals surface area contributed by atoms with Gasteiger partial charge >= 0.3 is 0 Å². The van der Waals surface area contributed by atoms with Crippen molar-refractivity contribution in [3.8, 4) is 0 Å². The summed E-state index contributed by atoms with van der Waals surface area (Å²) in [5.41, 5.74) is 1.00. The first-order valence-electron chi connectivity index (χ1n) is 7.44. The average molecular weight is 342 g/mol. The Morgan fingerprint density at radius 1 is 1.40 bits per heavy atom. The smallest absolute Gasteiger partial charge is 0.0945 e. The van der Waals surface area contributed by atoms with E-state index in [-0.39, 0.29) is 0 Å². The Labute approximate surface area is 129 Å². The van der Waals surface area contributed by atoms with Crippen LogP contribution < -0.4 is 5.32 Å². The summed E-state index contributed by atoms with van der Waals surface area (Å²) in [6.07, 6.45) is 4.80. The van der Waals surface area contributed by atoms with Gasteiger partial charge in [-0.2, -0.15) is 0 Å². The highest BCUT2D eigenvalue weighted by molar-refractivity contribution is 9.10. The molecule has 0 amide bonds. The van der Waals surface area contributed by atoms with Gasteiger partial charge in [0.2, 0.25) is 0 Å². The molecule has 2 N–H and O–H groups in total. The second kappa shape index (κ2) is 8.01. The number of hydrogen-bond donors (Lipinski definition) is 2. The van der Waals surface area contributed by atoms with Gasteiger partial charge in [0, 0.05) is 16.7 Å². The van der Waals surface area contributed by atoms with E-state index in [1.807, 2.05) is 24.3 Å². The fourth-order valence-electron chi connectivity index (χ4n) is 2.66. The number of halogens is 1. The molecule has 3 unspecified atom stereocenters. The molecule has 112 valence electrons. The van der Waals surface area contributed by atoms with Gasteiger partial charge in [0.25, 0.3) is 0 Å². The van der Waals surface area contributed by atoms with Crippen LogP contribution in [-0.4, -0.2) is 30.5 Å². The predicted octanol–water partition coefficient (Wildman–Crippen LogP) is 3.82. The van der Waals surface area contributed by atoms with Crippen molar-refractivity contribution in [1.82, 2.24) is 0 Å². The molecular weight excluding hydrogens is 318 g/mol. The number of benzene rings is 1. The molecular formula is C16H24BrNO2. The second-order valence-corrected chi connectivity index (χ2v) is 6.59. The first-order chi connectivity index (χ1) is 9.65. The third-order valence-corrected chi connectivity index (χ3v) is 4.40. The summed E-state index contributed by atoms with van der Waals surface area (Å²) in [6.45, 7) is 3.17. The minimum absolute atomic E-state index is 0.323. The van der Waals surface area contributed by atoms with Crippen molar-refractivity contribution in [3.05, 3.63) is 28.7 Å². The molecule has 2 rings (SSSR count). The van der Waals surface area contributed by atoms with E-state index in [1.54, 1.807) is 0 Å². The highest BCUT2D eigenvalue weighted by atomic mass is 79.9. The molecule has 0 spiro atoms. The fourth-order valence-corrected chi connectivity index (χ4v) is 3.06. The van der Waals surface area contributed by atoms with E-state index in [9.17, 15) is 5.11 Å². The highest BCUT2D eigenvalue weighted by Gasteiger charge is 2.22. The zero-order valence-corrected chi connectivity index (χ0v) is 13.6. The molecule has 1 saturated carbocycles. The first-order valence-corrected chi connectivity index (χ1v) is 8.23. The molecule has 1 aliphatic rings. The van der Waals surface area contributed by atoms with Gasteiger partial charge < -0.3 is 15.2 Å². The highest BCUT2D eigenvalue weighted by Crippen LogP contribution is 2.26. The summed E-state index contributed by atoms with van der Waals surface area (Å²) in [5, 5.41) is 13.2. The number of aliphatic hydroxyl groups is 1. The molecule has 0 heterocycles. The van der Waals surface area contributed by atoms with Crippen LogP contribution in [0.5, 0.6) is 0 Å². The van der Waals surface area contributed by atoms with E-state index < -0.39 is 6.10 Å². The normalized spacial score (nSPS) is 24.4. The van der Waals surface area contributed by atoms with Gasteiger partial charge in [-0.3, -0.25) is 0 Å². The number of aliphatic hydroxyl groups excluding tert-OH is 1. The number of hydrogen-bond acceptors (Lipinski definition) is 3.